The number of fused-ring (bicyclic) bond motifs is 1. The fourth-order valence-electron chi connectivity index (χ4n) is 4.60. The van der Waals surface area contributed by atoms with Crippen molar-refractivity contribution in [3.05, 3.63) is 92.6 Å². The van der Waals surface area contributed by atoms with Crippen LogP contribution in [0.1, 0.15) is 38.8 Å². The van der Waals surface area contributed by atoms with E-state index in [1.807, 2.05) is 37.3 Å². The van der Waals surface area contributed by atoms with Crippen molar-refractivity contribution in [3.8, 4) is 28.5 Å². The van der Waals surface area contributed by atoms with Crippen molar-refractivity contribution in [2.45, 2.75) is 19.5 Å². The minimum atomic E-state index is -0.545. The van der Waals surface area contributed by atoms with Crippen molar-refractivity contribution in [3.63, 3.8) is 0 Å². The number of carbonyl (C=O) groups excluding carboxylic acids is 1. The zero-order valence-corrected chi connectivity index (χ0v) is 21.3. The Labute approximate surface area is 218 Å². The molecular formula is C27H23Cl2N3O4. The zero-order chi connectivity index (χ0) is 25.6. The second-order valence-electron chi connectivity index (χ2n) is 8.52. The smallest absolute Gasteiger partial charge is 0.273 e. The molecule has 0 spiro atoms. The van der Waals surface area contributed by atoms with E-state index in [0.29, 0.717) is 44.1 Å². The van der Waals surface area contributed by atoms with Gasteiger partial charge in [0.1, 0.15) is 17.1 Å². The van der Waals surface area contributed by atoms with Crippen molar-refractivity contribution in [2.24, 2.45) is 0 Å². The summed E-state index contributed by atoms with van der Waals surface area (Å²) in [5.74, 6) is 0.883. The Kier molecular flexibility index (Phi) is 6.28. The molecule has 1 aromatic heterocycles. The quantitative estimate of drug-likeness (QED) is 0.316. The number of benzene rings is 3. The number of carbonyl (C=O) groups is 1. The predicted octanol–water partition coefficient (Wildman–Crippen LogP) is 6.16. The van der Waals surface area contributed by atoms with Gasteiger partial charge in [0.15, 0.2) is 11.5 Å². The summed E-state index contributed by atoms with van der Waals surface area (Å²) >= 11 is 12.8. The maximum Gasteiger partial charge on any atom is 0.273 e. The lowest BCUT2D eigenvalue weighted by molar-refractivity contribution is 0.0730. The van der Waals surface area contributed by atoms with Crippen LogP contribution >= 0.6 is 23.2 Å². The van der Waals surface area contributed by atoms with Gasteiger partial charge in [0.2, 0.25) is 0 Å². The third kappa shape index (κ3) is 3.94. The number of ether oxygens (including phenoxy) is 2. The number of aromatic nitrogens is 2. The molecule has 5 rings (SSSR count). The first-order valence-electron chi connectivity index (χ1n) is 11.2. The topological polar surface area (TPSA) is 87.7 Å². The van der Waals surface area contributed by atoms with Crippen LogP contribution in [0.2, 0.25) is 10.0 Å². The molecule has 7 nitrogen and oxygen atoms in total. The van der Waals surface area contributed by atoms with Crippen LogP contribution in [0.15, 0.2) is 54.6 Å². The number of amides is 1. The van der Waals surface area contributed by atoms with Crippen molar-refractivity contribution in [2.75, 3.05) is 14.2 Å². The highest BCUT2D eigenvalue weighted by atomic mass is 35.5. The number of rotatable bonds is 6. The van der Waals surface area contributed by atoms with Crippen LogP contribution in [0.25, 0.3) is 11.3 Å². The van der Waals surface area contributed by atoms with E-state index in [1.54, 1.807) is 43.4 Å². The van der Waals surface area contributed by atoms with Crippen LogP contribution in [0.5, 0.6) is 17.2 Å². The van der Waals surface area contributed by atoms with E-state index in [9.17, 15) is 9.90 Å². The van der Waals surface area contributed by atoms with Gasteiger partial charge in [-0.2, -0.15) is 5.10 Å². The summed E-state index contributed by atoms with van der Waals surface area (Å²) in [7, 11) is 3.13. The number of phenolic OH excluding ortho intramolecular Hbond substituents is 1. The van der Waals surface area contributed by atoms with Crippen molar-refractivity contribution >= 4 is 29.1 Å². The maximum atomic E-state index is 13.7. The standard InChI is InChI=1S/C27H23Cl2N3O4/c1-14-10-20(33)17(12-19(14)29)24-23-25(31-30-24)27(34)32(13-16-6-4-5-7-18(16)28)26(23)15-8-9-21(35-2)22(11-15)36-3/h4-12,26,33H,13H2,1-3H3,(H,30,31). The van der Waals surface area contributed by atoms with Crippen LogP contribution in [-0.2, 0) is 6.54 Å². The molecule has 9 heteroatoms. The van der Waals surface area contributed by atoms with Crippen molar-refractivity contribution in [1.82, 2.24) is 15.1 Å². The molecule has 0 bridgehead atoms. The monoisotopic (exact) mass is 523 g/mol. The van der Waals surface area contributed by atoms with Crippen LogP contribution in [0, 0.1) is 6.92 Å². The number of H-pyrrole nitrogens is 1. The van der Waals surface area contributed by atoms with Crippen LogP contribution in [0.3, 0.4) is 0 Å². The van der Waals surface area contributed by atoms with E-state index >= 15 is 0 Å². The largest absolute Gasteiger partial charge is 0.507 e. The molecule has 36 heavy (non-hydrogen) atoms. The molecule has 1 unspecified atom stereocenters. The molecule has 0 saturated carbocycles. The normalized spacial score (nSPS) is 14.8. The van der Waals surface area contributed by atoms with Gasteiger partial charge in [-0.3, -0.25) is 9.89 Å². The Morgan fingerprint density at radius 1 is 1.03 bits per heavy atom. The van der Waals surface area contributed by atoms with Gasteiger partial charge in [0.05, 0.1) is 20.3 Å². The summed E-state index contributed by atoms with van der Waals surface area (Å²) in [5, 5.41) is 19.1. The van der Waals surface area contributed by atoms with Gasteiger partial charge in [-0.1, -0.05) is 47.5 Å². The molecule has 0 radical (unpaired) electrons. The molecule has 1 aliphatic heterocycles. The molecule has 184 valence electrons. The summed E-state index contributed by atoms with van der Waals surface area (Å²) in [6.07, 6.45) is 0. The van der Waals surface area contributed by atoms with Crippen LogP contribution in [0.4, 0.5) is 0 Å². The van der Waals surface area contributed by atoms with Gasteiger partial charge in [-0.15, -0.1) is 0 Å². The summed E-state index contributed by atoms with van der Waals surface area (Å²) in [4.78, 5) is 15.4. The minimum Gasteiger partial charge on any atom is -0.507 e. The van der Waals surface area contributed by atoms with E-state index in [-0.39, 0.29) is 18.2 Å². The highest BCUT2D eigenvalue weighted by molar-refractivity contribution is 6.32. The molecule has 0 fully saturated rings. The van der Waals surface area contributed by atoms with Gasteiger partial charge in [-0.25, -0.2) is 0 Å². The number of nitrogens with zero attached hydrogens (tertiary/aromatic N) is 2. The van der Waals surface area contributed by atoms with E-state index in [2.05, 4.69) is 10.2 Å². The zero-order valence-electron chi connectivity index (χ0n) is 19.8. The van der Waals surface area contributed by atoms with Crippen LogP contribution < -0.4 is 9.47 Å². The lowest BCUT2D eigenvalue weighted by atomic mass is 9.94. The molecule has 1 atom stereocenters. The second kappa shape index (κ2) is 9.41. The SMILES string of the molecule is COc1ccc(C2c3c(-c4cc(Cl)c(C)cc4O)n[nH]c3C(=O)N2Cc2ccccc2Cl)cc1OC. The molecule has 1 amide bonds. The van der Waals surface area contributed by atoms with E-state index < -0.39 is 6.04 Å². The molecule has 4 aromatic rings. The molecular weight excluding hydrogens is 501 g/mol. The summed E-state index contributed by atoms with van der Waals surface area (Å²) < 4.78 is 10.9. The summed E-state index contributed by atoms with van der Waals surface area (Å²) in [6, 6.07) is 15.6. The number of hydrogen-bond acceptors (Lipinski definition) is 5. The number of phenols is 1. The average molecular weight is 524 g/mol. The van der Waals surface area contributed by atoms with Crippen molar-refractivity contribution < 1.29 is 19.4 Å². The number of nitrogens with one attached hydrogen (secondary N) is 1. The minimum absolute atomic E-state index is 0.0225. The molecule has 0 aliphatic carbocycles. The number of aromatic amines is 1. The number of methoxy groups -OCH3 is 2. The van der Waals surface area contributed by atoms with Crippen molar-refractivity contribution in [1.29, 1.82) is 0 Å². The fourth-order valence-corrected chi connectivity index (χ4v) is 4.96. The van der Waals surface area contributed by atoms with Gasteiger partial charge in [0.25, 0.3) is 5.91 Å². The fraction of sp³-hybridized carbons (Fsp3) is 0.185. The number of aromatic hydroxyl groups is 1. The maximum absolute atomic E-state index is 13.7. The third-order valence-corrected chi connectivity index (χ3v) is 7.19. The first-order chi connectivity index (χ1) is 17.3. The second-order valence-corrected chi connectivity index (χ2v) is 9.34. The van der Waals surface area contributed by atoms with Crippen LogP contribution in [-0.4, -0.2) is 40.3 Å². The average Bonchev–Trinajstić information content (AvgIpc) is 3.41. The first kappa shape index (κ1) is 24.0. The Morgan fingerprint density at radius 3 is 2.50 bits per heavy atom. The first-order valence-corrected chi connectivity index (χ1v) is 11.9. The lowest BCUT2D eigenvalue weighted by Crippen LogP contribution is -2.29. The van der Waals surface area contributed by atoms with E-state index in [0.717, 1.165) is 16.7 Å². The Balaban J connectivity index is 1.71. The summed E-state index contributed by atoms with van der Waals surface area (Å²) in [6.45, 7) is 2.07. The van der Waals surface area contributed by atoms with Gasteiger partial charge >= 0.3 is 0 Å². The molecule has 2 N–H and O–H groups in total. The van der Waals surface area contributed by atoms with Gasteiger partial charge in [0, 0.05) is 27.7 Å². The van der Waals surface area contributed by atoms with Gasteiger partial charge in [-0.05, 0) is 53.9 Å². The number of hydrogen-bond donors (Lipinski definition) is 2. The predicted molar refractivity (Wildman–Crippen MR) is 138 cm³/mol. The highest BCUT2D eigenvalue weighted by Gasteiger charge is 2.43. The van der Waals surface area contributed by atoms with E-state index in [1.165, 1.54) is 0 Å². The molecule has 2 heterocycles. The Bertz CT molecular complexity index is 1480. The van der Waals surface area contributed by atoms with E-state index in [4.69, 9.17) is 32.7 Å². The Morgan fingerprint density at radius 2 is 1.78 bits per heavy atom. The summed E-state index contributed by atoms with van der Waals surface area (Å²) in [5.41, 5.74) is 4.17. The highest BCUT2D eigenvalue weighted by Crippen LogP contribution is 2.47. The molecule has 3 aromatic carbocycles. The number of halogens is 2. The Hall–Kier alpha value is -3.68. The molecule has 1 aliphatic rings. The van der Waals surface area contributed by atoms with Gasteiger partial charge < -0.3 is 19.5 Å². The third-order valence-electron chi connectivity index (χ3n) is 6.42. The lowest BCUT2D eigenvalue weighted by Gasteiger charge is -2.27. The number of aryl methyl sites for hydroxylation is 1. The molecule has 0 saturated heterocycles.